The number of ether oxygens (including phenoxy) is 3. The number of nitro benzene ring substituents is 1. The third-order valence-electron chi connectivity index (χ3n) is 7.92. The summed E-state index contributed by atoms with van der Waals surface area (Å²) in [7, 11) is 1.54. The normalized spacial score (nSPS) is 19.8. The van der Waals surface area contributed by atoms with Crippen molar-refractivity contribution in [3.05, 3.63) is 69.8 Å². The van der Waals surface area contributed by atoms with Gasteiger partial charge in [-0.3, -0.25) is 19.7 Å². The summed E-state index contributed by atoms with van der Waals surface area (Å²) in [5, 5.41) is 31.2. The Morgan fingerprint density at radius 3 is 1.80 bits per heavy atom. The van der Waals surface area contributed by atoms with E-state index < -0.39 is 40.4 Å². The first-order valence-corrected chi connectivity index (χ1v) is 14.5. The molecule has 13 nitrogen and oxygen atoms in total. The van der Waals surface area contributed by atoms with Crippen LogP contribution in [0.1, 0.15) is 68.9 Å². The van der Waals surface area contributed by atoms with E-state index >= 15 is 0 Å². The number of carboxylic acids is 2. The second kappa shape index (κ2) is 16.2. The van der Waals surface area contributed by atoms with E-state index in [1.54, 1.807) is 31.4 Å². The van der Waals surface area contributed by atoms with E-state index in [1.807, 2.05) is 0 Å². The van der Waals surface area contributed by atoms with Gasteiger partial charge in [-0.05, 0) is 73.9 Å². The number of hydrogen-bond donors (Lipinski definition) is 3. The van der Waals surface area contributed by atoms with E-state index in [0.717, 1.165) is 25.7 Å². The van der Waals surface area contributed by atoms with Gasteiger partial charge in [-0.1, -0.05) is 31.4 Å². The van der Waals surface area contributed by atoms with E-state index in [1.165, 1.54) is 30.7 Å². The molecule has 0 heterocycles. The number of rotatable bonds is 10. The van der Waals surface area contributed by atoms with Crippen molar-refractivity contribution in [2.45, 2.75) is 76.5 Å². The zero-order chi connectivity index (χ0) is 32.1. The second-order valence-corrected chi connectivity index (χ2v) is 10.9. The van der Waals surface area contributed by atoms with Crippen molar-refractivity contribution >= 4 is 29.7 Å². The standard InChI is InChI=1S/C24H26N2O9.C7H12O2/c1-33-20-8-4-17(5-9-20)14-34-22(29)24(12-10-18(11-13-24)21(27)28)25-23(30)35-15-16-2-6-19(7-3-16)26(31)32;8-7(9)6-4-2-1-3-5-6/h2-9,18H,10-15H2,1H3,(H,25,30)(H,27,28);6H,1-5H2,(H,8,9)/t18-,24-;. The topological polar surface area (TPSA) is 192 Å². The fourth-order valence-electron chi connectivity index (χ4n) is 5.19. The number of aliphatic carboxylic acids is 2. The molecule has 0 aromatic heterocycles. The number of carbonyl (C=O) groups is 4. The quantitative estimate of drug-likeness (QED) is 0.180. The first kappa shape index (κ1) is 33.8. The van der Waals surface area contributed by atoms with Gasteiger partial charge in [0.25, 0.3) is 5.69 Å². The van der Waals surface area contributed by atoms with Crippen LogP contribution in [-0.2, 0) is 37.1 Å². The van der Waals surface area contributed by atoms with Gasteiger partial charge in [-0.2, -0.15) is 0 Å². The van der Waals surface area contributed by atoms with Crippen LogP contribution in [0.5, 0.6) is 5.75 Å². The van der Waals surface area contributed by atoms with Crippen molar-refractivity contribution in [1.29, 1.82) is 0 Å². The number of alkyl carbamates (subject to hydrolysis) is 1. The molecule has 13 heteroatoms. The first-order valence-electron chi connectivity index (χ1n) is 14.5. The summed E-state index contributed by atoms with van der Waals surface area (Å²) in [6.45, 7) is -0.203. The smallest absolute Gasteiger partial charge is 0.408 e. The summed E-state index contributed by atoms with van der Waals surface area (Å²) in [5.41, 5.74) is -0.275. The van der Waals surface area contributed by atoms with Gasteiger partial charge < -0.3 is 29.7 Å². The van der Waals surface area contributed by atoms with Crippen molar-refractivity contribution in [2.24, 2.45) is 11.8 Å². The number of non-ortho nitro benzene ring substituents is 1. The molecule has 4 rings (SSSR count). The number of methoxy groups -OCH3 is 1. The van der Waals surface area contributed by atoms with Crippen LogP contribution in [0.2, 0.25) is 0 Å². The lowest BCUT2D eigenvalue weighted by Crippen LogP contribution is -2.57. The van der Waals surface area contributed by atoms with Gasteiger partial charge in [0.15, 0.2) is 0 Å². The molecule has 3 N–H and O–H groups in total. The number of hydrogen-bond acceptors (Lipinski definition) is 9. The molecule has 2 aromatic carbocycles. The Morgan fingerprint density at radius 1 is 0.818 bits per heavy atom. The predicted molar refractivity (Wildman–Crippen MR) is 156 cm³/mol. The van der Waals surface area contributed by atoms with Crippen molar-refractivity contribution in [1.82, 2.24) is 5.32 Å². The average molecular weight is 615 g/mol. The van der Waals surface area contributed by atoms with Gasteiger partial charge >= 0.3 is 24.0 Å². The number of amides is 1. The number of carbonyl (C=O) groups excluding carboxylic acids is 2. The summed E-state index contributed by atoms with van der Waals surface area (Å²) >= 11 is 0. The Morgan fingerprint density at radius 2 is 1.32 bits per heavy atom. The number of benzene rings is 2. The second-order valence-electron chi connectivity index (χ2n) is 10.9. The number of nitrogens with zero attached hydrogens (tertiary/aromatic N) is 1. The molecular weight excluding hydrogens is 576 g/mol. The zero-order valence-corrected chi connectivity index (χ0v) is 24.6. The lowest BCUT2D eigenvalue weighted by Gasteiger charge is -2.37. The highest BCUT2D eigenvalue weighted by Crippen LogP contribution is 2.34. The van der Waals surface area contributed by atoms with Crippen molar-refractivity contribution < 1.29 is 48.5 Å². The molecular formula is C31H38N2O11. The molecule has 0 radical (unpaired) electrons. The van der Waals surface area contributed by atoms with Crippen LogP contribution in [-0.4, -0.2) is 51.8 Å². The summed E-state index contributed by atoms with van der Waals surface area (Å²) in [6, 6.07) is 12.4. The third-order valence-corrected chi connectivity index (χ3v) is 7.92. The van der Waals surface area contributed by atoms with Gasteiger partial charge in [0, 0.05) is 12.1 Å². The summed E-state index contributed by atoms with van der Waals surface area (Å²) in [5.74, 6) is -2.22. The Hall–Kier alpha value is -4.68. The molecule has 238 valence electrons. The molecule has 0 spiro atoms. The predicted octanol–water partition coefficient (Wildman–Crippen LogP) is 5.24. The van der Waals surface area contributed by atoms with Gasteiger partial charge in [-0.15, -0.1) is 0 Å². The SMILES string of the molecule is COc1ccc(COC(=O)[C@]2(NC(=O)OCc3ccc([N+](=O)[O-])cc3)CC[C@H](C(=O)O)CC2)cc1.O=C(O)C1CCCCC1. The fraction of sp³-hybridized carbons (Fsp3) is 0.484. The summed E-state index contributed by atoms with van der Waals surface area (Å²) < 4.78 is 15.8. The summed E-state index contributed by atoms with van der Waals surface area (Å²) in [4.78, 5) is 57.6. The van der Waals surface area contributed by atoms with Crippen LogP contribution < -0.4 is 10.1 Å². The molecule has 0 unspecified atom stereocenters. The molecule has 0 saturated heterocycles. The molecule has 2 aromatic rings. The van der Waals surface area contributed by atoms with Crippen molar-refractivity contribution in [3.8, 4) is 5.75 Å². The number of nitro groups is 1. The lowest BCUT2D eigenvalue weighted by molar-refractivity contribution is -0.384. The maximum Gasteiger partial charge on any atom is 0.408 e. The molecule has 0 aliphatic heterocycles. The van der Waals surface area contributed by atoms with Crippen molar-refractivity contribution in [2.75, 3.05) is 7.11 Å². The van der Waals surface area contributed by atoms with E-state index in [9.17, 15) is 34.4 Å². The van der Waals surface area contributed by atoms with Crippen LogP contribution in [0.4, 0.5) is 10.5 Å². The maximum absolute atomic E-state index is 13.1. The first-order chi connectivity index (χ1) is 21.0. The molecule has 0 atom stereocenters. The number of nitrogens with one attached hydrogen (secondary N) is 1. The zero-order valence-electron chi connectivity index (χ0n) is 24.6. The lowest BCUT2D eigenvalue weighted by atomic mass is 9.76. The highest BCUT2D eigenvalue weighted by atomic mass is 16.6. The van der Waals surface area contributed by atoms with Crippen LogP contribution >= 0.6 is 0 Å². The average Bonchev–Trinajstić information content (AvgIpc) is 3.04. The third kappa shape index (κ3) is 9.96. The molecule has 1 amide bonds. The molecule has 2 fully saturated rings. The number of esters is 1. The van der Waals surface area contributed by atoms with E-state index in [4.69, 9.17) is 19.3 Å². The van der Waals surface area contributed by atoms with E-state index in [2.05, 4.69) is 5.32 Å². The molecule has 0 bridgehead atoms. The highest BCUT2D eigenvalue weighted by molar-refractivity contribution is 5.86. The van der Waals surface area contributed by atoms with Gasteiger partial charge in [-0.25, -0.2) is 9.59 Å². The molecule has 2 aliphatic carbocycles. The van der Waals surface area contributed by atoms with Crippen molar-refractivity contribution in [3.63, 3.8) is 0 Å². The van der Waals surface area contributed by atoms with Gasteiger partial charge in [0.1, 0.15) is 24.5 Å². The van der Waals surface area contributed by atoms with Crippen LogP contribution in [0.25, 0.3) is 0 Å². The van der Waals surface area contributed by atoms with Crippen LogP contribution in [0.15, 0.2) is 48.5 Å². The number of carboxylic acid groups (broad SMARTS) is 2. The van der Waals surface area contributed by atoms with Gasteiger partial charge in [0.2, 0.25) is 0 Å². The maximum atomic E-state index is 13.1. The van der Waals surface area contributed by atoms with Gasteiger partial charge in [0.05, 0.1) is 23.9 Å². The Labute approximate surface area is 254 Å². The van der Waals surface area contributed by atoms with Crippen LogP contribution in [0, 0.1) is 22.0 Å². The molecule has 2 aliphatic rings. The van der Waals surface area contributed by atoms with E-state index in [-0.39, 0.29) is 50.5 Å². The molecule has 44 heavy (non-hydrogen) atoms. The minimum absolute atomic E-state index is 0.0289. The minimum Gasteiger partial charge on any atom is -0.497 e. The Bertz CT molecular complexity index is 1280. The minimum atomic E-state index is -1.43. The Kier molecular flexibility index (Phi) is 12.5. The van der Waals surface area contributed by atoms with Crippen LogP contribution in [0.3, 0.4) is 0 Å². The monoisotopic (exact) mass is 614 g/mol. The highest BCUT2D eigenvalue weighted by Gasteiger charge is 2.46. The fourth-order valence-corrected chi connectivity index (χ4v) is 5.19. The Balaban J connectivity index is 0.000000502. The van der Waals surface area contributed by atoms with E-state index in [0.29, 0.717) is 16.9 Å². The molecule has 2 saturated carbocycles. The largest absolute Gasteiger partial charge is 0.497 e. The summed E-state index contributed by atoms with van der Waals surface area (Å²) in [6.07, 6.45) is 4.91.